The number of carbonyl (C=O) groups is 2. The molecule has 3 aromatic rings. The van der Waals surface area contributed by atoms with Gasteiger partial charge < -0.3 is 4.74 Å². The molecule has 0 unspecified atom stereocenters. The smallest absolute Gasteiger partial charge is 0.290 e. The van der Waals surface area contributed by atoms with Crippen LogP contribution in [0.5, 0.6) is 5.75 Å². The number of thioether (sulfide) groups is 1. The molecule has 0 bridgehead atoms. The molecule has 7 heteroatoms. The molecule has 0 atom stereocenters. The van der Waals surface area contributed by atoms with Crippen molar-refractivity contribution in [3.05, 3.63) is 51.7 Å². The summed E-state index contributed by atoms with van der Waals surface area (Å²) in [7, 11) is 1.65. The molecule has 4 rings (SSSR count). The minimum atomic E-state index is -0.373. The van der Waals surface area contributed by atoms with E-state index in [0.29, 0.717) is 9.91 Å². The molecule has 1 N–H and O–H groups in total. The van der Waals surface area contributed by atoms with E-state index < -0.39 is 0 Å². The van der Waals surface area contributed by atoms with Gasteiger partial charge in [-0.15, -0.1) is 11.3 Å². The average molecular weight is 368 g/mol. The molecule has 25 heavy (non-hydrogen) atoms. The number of methoxy groups -OCH3 is 1. The van der Waals surface area contributed by atoms with E-state index in [4.69, 9.17) is 4.74 Å². The Morgan fingerprint density at radius 1 is 1.12 bits per heavy atom. The zero-order valence-electron chi connectivity index (χ0n) is 13.1. The van der Waals surface area contributed by atoms with Crippen molar-refractivity contribution in [1.82, 2.24) is 10.3 Å². The molecule has 1 aliphatic rings. The van der Waals surface area contributed by atoms with Gasteiger partial charge in [-0.05, 0) is 35.4 Å². The summed E-state index contributed by atoms with van der Waals surface area (Å²) in [5, 5.41) is 6.59. The van der Waals surface area contributed by atoms with Gasteiger partial charge in [0.15, 0.2) is 0 Å². The quantitative estimate of drug-likeness (QED) is 0.698. The number of hydrogen-bond acceptors (Lipinski definition) is 6. The van der Waals surface area contributed by atoms with Gasteiger partial charge in [-0.1, -0.05) is 24.3 Å². The summed E-state index contributed by atoms with van der Waals surface area (Å²) in [4.78, 5) is 27.9. The summed E-state index contributed by atoms with van der Waals surface area (Å²) in [6.07, 6.45) is 1.64. The Labute approximate surface area is 151 Å². The molecule has 2 aromatic carbocycles. The highest BCUT2D eigenvalue weighted by molar-refractivity contribution is 8.18. The third kappa shape index (κ3) is 2.92. The number of hydrogen-bond donors (Lipinski definition) is 1. The van der Waals surface area contributed by atoms with Crippen molar-refractivity contribution in [2.45, 2.75) is 0 Å². The summed E-state index contributed by atoms with van der Waals surface area (Å²) in [6, 6.07) is 11.9. The maximum absolute atomic E-state index is 11.7. The van der Waals surface area contributed by atoms with Crippen molar-refractivity contribution < 1.29 is 14.3 Å². The van der Waals surface area contributed by atoms with Gasteiger partial charge in [0.1, 0.15) is 10.8 Å². The van der Waals surface area contributed by atoms with Crippen LogP contribution in [0.4, 0.5) is 4.79 Å². The van der Waals surface area contributed by atoms with Gasteiger partial charge in [-0.25, -0.2) is 4.98 Å². The van der Waals surface area contributed by atoms with Crippen molar-refractivity contribution in [2.24, 2.45) is 0 Å². The Morgan fingerprint density at radius 3 is 2.64 bits per heavy atom. The van der Waals surface area contributed by atoms with Crippen LogP contribution in [-0.2, 0) is 4.79 Å². The molecule has 1 saturated heterocycles. The number of fused-ring (bicyclic) bond motifs is 1. The zero-order valence-corrected chi connectivity index (χ0v) is 14.7. The predicted octanol–water partition coefficient (Wildman–Crippen LogP) is 4.30. The summed E-state index contributed by atoms with van der Waals surface area (Å²) in [5.74, 6) is 0.441. The molecular weight excluding hydrogens is 356 g/mol. The molecule has 1 aliphatic heterocycles. The SMILES string of the molecule is COc1ccc(-c2csc(C=C3SC(=O)NC3=O)n2)c2ccccc12. The molecule has 0 spiro atoms. The van der Waals surface area contributed by atoms with Crippen LogP contribution in [0.2, 0.25) is 0 Å². The molecular formula is C18H12N2O3S2. The monoisotopic (exact) mass is 368 g/mol. The number of thiazole rings is 1. The minimum Gasteiger partial charge on any atom is -0.496 e. The summed E-state index contributed by atoms with van der Waals surface area (Å²) < 4.78 is 5.43. The maximum atomic E-state index is 11.7. The maximum Gasteiger partial charge on any atom is 0.290 e. The second-order valence-electron chi connectivity index (χ2n) is 5.28. The number of aromatic nitrogens is 1. The number of amides is 2. The standard InChI is InChI=1S/C18H12N2O3S2/c1-23-14-7-6-11(10-4-2-3-5-12(10)14)13-9-24-16(19-13)8-15-17(21)20-18(22)25-15/h2-9H,1H3,(H,20,21,22). The normalized spacial score (nSPS) is 15.8. The van der Waals surface area contributed by atoms with Gasteiger partial charge in [0, 0.05) is 16.3 Å². The number of nitrogens with one attached hydrogen (secondary N) is 1. The summed E-state index contributed by atoms with van der Waals surface area (Å²) in [6.45, 7) is 0. The molecule has 5 nitrogen and oxygen atoms in total. The molecule has 124 valence electrons. The van der Waals surface area contributed by atoms with E-state index in [-0.39, 0.29) is 11.1 Å². The highest BCUT2D eigenvalue weighted by Crippen LogP contribution is 2.35. The summed E-state index contributed by atoms with van der Waals surface area (Å²) >= 11 is 2.32. The second-order valence-corrected chi connectivity index (χ2v) is 7.19. The fourth-order valence-electron chi connectivity index (χ4n) is 2.68. The molecule has 0 radical (unpaired) electrons. The van der Waals surface area contributed by atoms with Crippen LogP contribution in [-0.4, -0.2) is 23.2 Å². The Bertz CT molecular complexity index is 1040. The first-order chi connectivity index (χ1) is 12.2. The Morgan fingerprint density at radius 2 is 1.92 bits per heavy atom. The van der Waals surface area contributed by atoms with E-state index in [2.05, 4.69) is 10.3 Å². The van der Waals surface area contributed by atoms with Gasteiger partial charge in [0.2, 0.25) is 0 Å². The lowest BCUT2D eigenvalue weighted by Crippen LogP contribution is -2.17. The second kappa shape index (κ2) is 6.34. The lowest BCUT2D eigenvalue weighted by Gasteiger charge is -2.08. The number of nitrogens with zero attached hydrogens (tertiary/aromatic N) is 1. The lowest BCUT2D eigenvalue weighted by molar-refractivity contribution is -0.115. The van der Waals surface area contributed by atoms with E-state index in [1.165, 1.54) is 11.3 Å². The van der Waals surface area contributed by atoms with Crippen LogP contribution < -0.4 is 10.1 Å². The van der Waals surface area contributed by atoms with Crippen molar-refractivity contribution >= 4 is 51.1 Å². The van der Waals surface area contributed by atoms with Gasteiger partial charge >= 0.3 is 0 Å². The van der Waals surface area contributed by atoms with Crippen molar-refractivity contribution in [3.8, 4) is 17.0 Å². The van der Waals surface area contributed by atoms with Crippen LogP contribution in [0.15, 0.2) is 46.7 Å². The number of ether oxygens (including phenoxy) is 1. The van der Waals surface area contributed by atoms with Crippen LogP contribution >= 0.6 is 23.1 Å². The van der Waals surface area contributed by atoms with Crippen molar-refractivity contribution in [3.63, 3.8) is 0 Å². The van der Waals surface area contributed by atoms with Crippen LogP contribution in [0.25, 0.3) is 28.1 Å². The number of carbonyl (C=O) groups excluding carboxylic acids is 2. The molecule has 1 aromatic heterocycles. The average Bonchev–Trinajstić information content (AvgIpc) is 3.20. The lowest BCUT2D eigenvalue weighted by atomic mass is 10.0. The van der Waals surface area contributed by atoms with Crippen LogP contribution in [0.1, 0.15) is 5.01 Å². The van der Waals surface area contributed by atoms with E-state index in [9.17, 15) is 9.59 Å². The Balaban J connectivity index is 1.76. The van der Waals surface area contributed by atoms with E-state index >= 15 is 0 Å². The van der Waals surface area contributed by atoms with E-state index in [1.54, 1.807) is 13.2 Å². The Kier molecular flexibility index (Phi) is 4.03. The van der Waals surface area contributed by atoms with Crippen molar-refractivity contribution in [1.29, 1.82) is 0 Å². The van der Waals surface area contributed by atoms with E-state index in [1.807, 2.05) is 41.8 Å². The molecule has 2 amide bonds. The molecule has 0 aliphatic carbocycles. The first kappa shape index (κ1) is 15.9. The highest BCUT2D eigenvalue weighted by atomic mass is 32.2. The third-order valence-electron chi connectivity index (χ3n) is 3.80. The first-order valence-corrected chi connectivity index (χ1v) is 9.12. The largest absolute Gasteiger partial charge is 0.496 e. The minimum absolute atomic E-state index is 0.353. The van der Waals surface area contributed by atoms with Crippen LogP contribution in [0.3, 0.4) is 0 Å². The van der Waals surface area contributed by atoms with E-state index in [0.717, 1.165) is 39.5 Å². The van der Waals surface area contributed by atoms with Crippen molar-refractivity contribution in [2.75, 3.05) is 7.11 Å². The third-order valence-corrected chi connectivity index (χ3v) is 5.40. The molecule has 1 fully saturated rings. The number of benzene rings is 2. The highest BCUT2D eigenvalue weighted by Gasteiger charge is 2.25. The topological polar surface area (TPSA) is 68.3 Å². The summed E-state index contributed by atoms with van der Waals surface area (Å²) in [5.41, 5.74) is 1.82. The van der Waals surface area contributed by atoms with Gasteiger partial charge in [0.05, 0.1) is 17.7 Å². The fourth-order valence-corrected chi connectivity index (χ4v) is 4.16. The first-order valence-electron chi connectivity index (χ1n) is 7.42. The molecule has 0 saturated carbocycles. The van der Waals surface area contributed by atoms with Gasteiger partial charge in [0.25, 0.3) is 11.1 Å². The Hall–Kier alpha value is -2.64. The fraction of sp³-hybridized carbons (Fsp3) is 0.0556. The van der Waals surface area contributed by atoms with Gasteiger partial charge in [-0.3, -0.25) is 14.9 Å². The predicted molar refractivity (Wildman–Crippen MR) is 101 cm³/mol. The van der Waals surface area contributed by atoms with Crippen LogP contribution in [0, 0.1) is 0 Å². The molecule has 2 heterocycles. The number of rotatable bonds is 3. The zero-order chi connectivity index (χ0) is 17.4. The van der Waals surface area contributed by atoms with Gasteiger partial charge in [-0.2, -0.15) is 0 Å². The number of imide groups is 1.